The summed E-state index contributed by atoms with van der Waals surface area (Å²) in [6, 6.07) is 4.40. The van der Waals surface area contributed by atoms with E-state index < -0.39 is 6.04 Å². The molecule has 3 unspecified atom stereocenters. The number of amides is 1. The molecule has 2 aromatic heterocycles. The summed E-state index contributed by atoms with van der Waals surface area (Å²) in [5, 5.41) is 3.01. The van der Waals surface area contributed by atoms with Gasteiger partial charge in [0, 0.05) is 24.2 Å². The summed E-state index contributed by atoms with van der Waals surface area (Å²) in [4.78, 5) is 28.7. The van der Waals surface area contributed by atoms with Gasteiger partial charge < -0.3 is 21.0 Å². The van der Waals surface area contributed by atoms with E-state index >= 15 is 0 Å². The molecule has 7 nitrogen and oxygen atoms in total. The van der Waals surface area contributed by atoms with Crippen LogP contribution < -0.4 is 11.1 Å². The molecule has 0 spiro atoms. The van der Waals surface area contributed by atoms with Crippen LogP contribution in [-0.2, 0) is 17.6 Å². The number of carbonyl (C=O) groups is 1. The first kappa shape index (κ1) is 28.5. The molecule has 45 heavy (non-hydrogen) atoms. The third-order valence-corrected chi connectivity index (χ3v) is 10.9. The molecule has 8 rings (SSSR count). The van der Waals surface area contributed by atoms with E-state index in [4.69, 9.17) is 10.7 Å². The van der Waals surface area contributed by atoms with Crippen LogP contribution in [0.4, 0.5) is 0 Å². The van der Waals surface area contributed by atoms with E-state index in [1.54, 1.807) is 11.1 Å². The maximum absolute atomic E-state index is 12.2. The van der Waals surface area contributed by atoms with E-state index in [1.807, 2.05) is 20.0 Å². The summed E-state index contributed by atoms with van der Waals surface area (Å²) >= 11 is 0. The van der Waals surface area contributed by atoms with Crippen molar-refractivity contribution in [3.05, 3.63) is 92.7 Å². The van der Waals surface area contributed by atoms with Gasteiger partial charge >= 0.3 is 0 Å². The molecule has 1 amide bonds. The molecule has 232 valence electrons. The zero-order chi connectivity index (χ0) is 30.8. The molecule has 5 aliphatic rings. The Balaban J connectivity index is 0.979. The molecule has 1 saturated carbocycles. The van der Waals surface area contributed by atoms with Crippen molar-refractivity contribution in [1.29, 1.82) is 0 Å². The van der Waals surface area contributed by atoms with Gasteiger partial charge in [0.15, 0.2) is 0 Å². The highest BCUT2D eigenvalue weighted by Crippen LogP contribution is 2.57. The van der Waals surface area contributed by atoms with E-state index in [0.29, 0.717) is 11.8 Å². The van der Waals surface area contributed by atoms with Crippen LogP contribution in [0.5, 0.6) is 0 Å². The van der Waals surface area contributed by atoms with E-state index in [2.05, 4.69) is 57.6 Å². The highest BCUT2D eigenvalue weighted by atomic mass is 16.2. The van der Waals surface area contributed by atoms with Gasteiger partial charge in [0.05, 0.1) is 23.6 Å². The van der Waals surface area contributed by atoms with Crippen LogP contribution in [0, 0.1) is 12.8 Å². The smallest absolute Gasteiger partial charge is 0.241 e. The minimum atomic E-state index is -0.462. The summed E-state index contributed by atoms with van der Waals surface area (Å²) in [6.45, 7) is 6.00. The van der Waals surface area contributed by atoms with Crippen LogP contribution >= 0.6 is 0 Å². The van der Waals surface area contributed by atoms with E-state index in [1.165, 1.54) is 58.4 Å². The molecule has 5 aliphatic carbocycles. The Morgan fingerprint density at radius 3 is 2.42 bits per heavy atom. The Kier molecular flexibility index (Phi) is 7.05. The Bertz CT molecular complexity index is 1830. The van der Waals surface area contributed by atoms with Gasteiger partial charge in [-0.25, -0.2) is 9.97 Å². The average molecular weight is 601 g/mol. The third-order valence-electron chi connectivity index (χ3n) is 10.9. The quantitative estimate of drug-likeness (QED) is 0.207. The Morgan fingerprint density at radius 2 is 1.69 bits per heavy atom. The lowest BCUT2D eigenvalue weighted by Gasteiger charge is -2.26. The largest absolute Gasteiger partial charge is 0.346 e. The standard InChI is InChI=1S/C38H44N6O/c1-20(2)37(39)38(45)44-31-18-25(31)11-15-34-40-19-33(43-34)23-6-4-22(5-7-23)28-12-13-29(36-27-9-8-26(16-27)35(28)36)24-10-14-30-32(17-24)42-21(3)41-30/h4,6,12-13,17,19-20,26-27,37H,5,7-11,14-16,18,39H2,1-3H3,(H,40,43)(H,41,42)(H,44,45). The van der Waals surface area contributed by atoms with Crippen LogP contribution in [0.15, 0.2) is 41.8 Å². The number of aromatic nitrogens is 4. The number of nitrogens with zero attached hydrogens (tertiary/aromatic N) is 2. The molecule has 1 aromatic carbocycles. The number of nitrogens with one attached hydrogen (secondary N) is 3. The minimum absolute atomic E-state index is 0.0784. The van der Waals surface area contributed by atoms with Crippen LogP contribution in [0.1, 0.15) is 128 Å². The van der Waals surface area contributed by atoms with Gasteiger partial charge in [-0.2, -0.15) is 0 Å². The van der Waals surface area contributed by atoms with Crippen molar-refractivity contribution in [3.8, 4) is 0 Å². The number of imidazole rings is 2. The fourth-order valence-corrected chi connectivity index (χ4v) is 8.24. The average Bonchev–Trinajstić information content (AvgIpc) is 3.52. The van der Waals surface area contributed by atoms with Crippen molar-refractivity contribution in [2.45, 2.75) is 103 Å². The topological polar surface area (TPSA) is 112 Å². The van der Waals surface area contributed by atoms with E-state index in [-0.39, 0.29) is 11.8 Å². The molecule has 0 aliphatic heterocycles. The zero-order valence-electron chi connectivity index (χ0n) is 26.7. The molecule has 5 N–H and O–H groups in total. The van der Waals surface area contributed by atoms with Gasteiger partial charge in [-0.15, -0.1) is 0 Å². The lowest BCUT2D eigenvalue weighted by Crippen LogP contribution is -2.42. The maximum Gasteiger partial charge on any atom is 0.241 e. The normalized spacial score (nSPS) is 22.2. The first-order valence-electron chi connectivity index (χ1n) is 17.0. The molecule has 2 bridgehead atoms. The summed E-state index contributed by atoms with van der Waals surface area (Å²) < 4.78 is 0. The first-order valence-corrected chi connectivity index (χ1v) is 17.0. The Hall–Kier alpha value is -3.97. The van der Waals surface area contributed by atoms with Crippen molar-refractivity contribution in [3.63, 3.8) is 0 Å². The summed E-state index contributed by atoms with van der Waals surface area (Å²) in [7, 11) is 0. The molecule has 2 heterocycles. The van der Waals surface area contributed by atoms with Gasteiger partial charge in [-0.3, -0.25) is 4.79 Å². The SMILES string of the molecule is Cc1nc2c([nH]1)CCC(c1ccc(C3=CC=C(c4cnc(CCC5=C(NC(=O)C(N)C(C)C)C5)[nH]4)CC3)c3c1C1CCC3C1)=C2. The van der Waals surface area contributed by atoms with Gasteiger partial charge in [0.1, 0.15) is 11.6 Å². The molecule has 0 radical (unpaired) electrons. The lowest BCUT2D eigenvalue weighted by molar-refractivity contribution is -0.122. The molecule has 3 atom stereocenters. The molecule has 7 heteroatoms. The highest BCUT2D eigenvalue weighted by Gasteiger charge is 2.41. The summed E-state index contributed by atoms with van der Waals surface area (Å²) in [5.41, 5.74) is 22.4. The number of benzene rings is 1. The highest BCUT2D eigenvalue weighted by molar-refractivity contribution is 5.88. The van der Waals surface area contributed by atoms with Crippen molar-refractivity contribution < 1.29 is 4.79 Å². The fraction of sp³-hybridized carbons (Fsp3) is 0.447. The second-order valence-electron chi connectivity index (χ2n) is 14.2. The van der Waals surface area contributed by atoms with E-state index in [0.717, 1.165) is 73.7 Å². The van der Waals surface area contributed by atoms with Crippen molar-refractivity contribution in [2.24, 2.45) is 11.7 Å². The van der Waals surface area contributed by atoms with Crippen LogP contribution in [0.2, 0.25) is 0 Å². The number of hydrogen-bond acceptors (Lipinski definition) is 4. The fourth-order valence-electron chi connectivity index (χ4n) is 8.24. The summed E-state index contributed by atoms with van der Waals surface area (Å²) in [5.74, 6) is 3.48. The van der Waals surface area contributed by atoms with Gasteiger partial charge in [0.2, 0.25) is 5.91 Å². The second kappa shape index (κ2) is 11.1. The third kappa shape index (κ3) is 5.25. The molecular formula is C38H44N6O. The molecule has 0 saturated heterocycles. The molecule has 3 aromatic rings. The van der Waals surface area contributed by atoms with Gasteiger partial charge in [-0.1, -0.05) is 38.1 Å². The Morgan fingerprint density at radius 1 is 0.978 bits per heavy atom. The zero-order valence-corrected chi connectivity index (χ0v) is 26.7. The predicted octanol–water partition coefficient (Wildman–Crippen LogP) is 7.24. The summed E-state index contributed by atoms with van der Waals surface area (Å²) in [6.07, 6.45) is 19.8. The number of aryl methyl sites for hydroxylation is 3. The van der Waals surface area contributed by atoms with Gasteiger partial charge in [-0.05, 0) is 127 Å². The first-order chi connectivity index (χ1) is 21.8. The number of rotatable bonds is 9. The number of carbonyl (C=O) groups excluding carboxylic acids is 1. The number of hydrogen-bond donors (Lipinski definition) is 4. The van der Waals surface area contributed by atoms with Crippen molar-refractivity contribution >= 4 is 28.7 Å². The monoisotopic (exact) mass is 600 g/mol. The molecule has 1 fully saturated rings. The minimum Gasteiger partial charge on any atom is -0.346 e. The second-order valence-corrected chi connectivity index (χ2v) is 14.2. The number of fused-ring (bicyclic) bond motifs is 6. The Labute approximate surface area is 265 Å². The number of allylic oxidation sites excluding steroid dienone is 7. The molecular weight excluding hydrogens is 556 g/mol. The van der Waals surface area contributed by atoms with E-state index in [9.17, 15) is 4.79 Å². The number of aromatic amines is 2. The van der Waals surface area contributed by atoms with Crippen molar-refractivity contribution in [2.75, 3.05) is 0 Å². The van der Waals surface area contributed by atoms with Crippen LogP contribution in [0.3, 0.4) is 0 Å². The number of nitrogens with two attached hydrogens (primary N) is 1. The van der Waals surface area contributed by atoms with Gasteiger partial charge in [0.25, 0.3) is 0 Å². The maximum atomic E-state index is 12.2. The number of H-pyrrole nitrogens is 2. The van der Waals surface area contributed by atoms with Crippen molar-refractivity contribution in [1.82, 2.24) is 25.3 Å². The predicted molar refractivity (Wildman–Crippen MR) is 180 cm³/mol. The van der Waals surface area contributed by atoms with Crippen LogP contribution in [-0.4, -0.2) is 31.9 Å². The lowest BCUT2D eigenvalue weighted by atomic mass is 9.78. The van der Waals surface area contributed by atoms with Crippen LogP contribution in [0.25, 0.3) is 22.8 Å².